The highest BCUT2D eigenvalue weighted by Crippen LogP contribution is 2.52. The number of rotatable bonds is 3. The molecule has 2 heterocycles. The molecule has 3 aromatic rings. The average molecular weight is 508 g/mol. The van der Waals surface area contributed by atoms with Gasteiger partial charge in [-0.1, -0.05) is 58.0 Å². The number of ketones is 2. The molecule has 6 rings (SSSR count). The molecule has 0 spiro atoms. The molecule has 0 saturated heterocycles. The van der Waals surface area contributed by atoms with Crippen molar-refractivity contribution in [3.8, 4) is 22.7 Å². The highest BCUT2D eigenvalue weighted by atomic mass is 16.3. The van der Waals surface area contributed by atoms with E-state index in [-0.39, 0.29) is 28.1 Å². The summed E-state index contributed by atoms with van der Waals surface area (Å²) in [5, 5.41) is 18.9. The number of dihydropyridines is 1. The van der Waals surface area contributed by atoms with Crippen molar-refractivity contribution in [3.63, 3.8) is 0 Å². The fourth-order valence-electron chi connectivity index (χ4n) is 6.39. The number of carbonyl (C=O) groups is 2. The van der Waals surface area contributed by atoms with E-state index >= 15 is 0 Å². The predicted molar refractivity (Wildman–Crippen MR) is 147 cm³/mol. The number of aromatic hydroxyl groups is 1. The van der Waals surface area contributed by atoms with Crippen molar-refractivity contribution < 1.29 is 14.7 Å². The van der Waals surface area contributed by atoms with Crippen molar-refractivity contribution in [2.45, 2.75) is 59.3 Å². The Hall–Kier alpha value is -3.93. The number of Topliss-reactive ketones (excluding diaryl/α,β-unsaturated/α-hetero) is 2. The van der Waals surface area contributed by atoms with Gasteiger partial charge in [-0.3, -0.25) is 9.59 Å². The van der Waals surface area contributed by atoms with Gasteiger partial charge in [0.15, 0.2) is 11.6 Å². The quantitative estimate of drug-likeness (QED) is 0.440. The number of phenolic OH excluding ortho intramolecular Hbond substituents is 1. The number of aromatic nitrogens is 2. The standard InChI is InChI=1S/C32H33N3O3/c1-31(2)14-23-28(25(37)16-31)27(29-24(33-23)15-32(3,4)17-26(29)38)22-18-35(20-10-6-5-7-11-20)34-30(22)19-9-8-12-21(36)13-19/h5-13,18,27,33,36H,14-17H2,1-4H3. The Morgan fingerprint density at radius 1 is 0.842 bits per heavy atom. The third-order valence-electron chi connectivity index (χ3n) is 7.91. The van der Waals surface area contributed by atoms with Crippen LogP contribution in [-0.2, 0) is 9.59 Å². The predicted octanol–water partition coefficient (Wildman–Crippen LogP) is 6.22. The van der Waals surface area contributed by atoms with E-state index in [0.29, 0.717) is 29.7 Å². The lowest BCUT2D eigenvalue weighted by Gasteiger charge is -2.43. The van der Waals surface area contributed by atoms with Crippen LogP contribution in [0.15, 0.2) is 83.3 Å². The molecule has 0 atom stereocenters. The molecule has 0 bridgehead atoms. The molecule has 2 N–H and O–H groups in total. The van der Waals surface area contributed by atoms with Crippen molar-refractivity contribution in [1.29, 1.82) is 0 Å². The summed E-state index contributed by atoms with van der Waals surface area (Å²) in [5.74, 6) is -0.221. The Balaban J connectivity index is 1.63. The van der Waals surface area contributed by atoms with Gasteiger partial charge in [0, 0.05) is 58.6 Å². The first-order valence-electron chi connectivity index (χ1n) is 13.3. The Morgan fingerprint density at radius 2 is 1.45 bits per heavy atom. The van der Waals surface area contributed by atoms with Gasteiger partial charge in [-0.25, -0.2) is 4.68 Å². The van der Waals surface area contributed by atoms with E-state index in [1.54, 1.807) is 18.2 Å². The summed E-state index contributed by atoms with van der Waals surface area (Å²) >= 11 is 0. The van der Waals surface area contributed by atoms with E-state index in [0.717, 1.165) is 41.1 Å². The second-order valence-electron chi connectivity index (χ2n) is 12.5. The Kier molecular flexibility index (Phi) is 5.49. The molecule has 0 fully saturated rings. The number of hydrogen-bond acceptors (Lipinski definition) is 5. The number of hydrogen-bond donors (Lipinski definition) is 2. The first-order valence-corrected chi connectivity index (χ1v) is 13.3. The zero-order chi connectivity index (χ0) is 26.8. The molecular weight excluding hydrogens is 474 g/mol. The summed E-state index contributed by atoms with van der Waals surface area (Å²) in [6, 6.07) is 16.8. The molecule has 3 aliphatic rings. The lowest BCUT2D eigenvalue weighted by atomic mass is 9.64. The number of benzene rings is 2. The number of nitrogens with zero attached hydrogens (tertiary/aromatic N) is 2. The van der Waals surface area contributed by atoms with Gasteiger partial charge in [-0.2, -0.15) is 5.10 Å². The normalized spacial score (nSPS) is 20.7. The molecule has 2 aliphatic carbocycles. The van der Waals surface area contributed by atoms with Gasteiger partial charge >= 0.3 is 0 Å². The summed E-state index contributed by atoms with van der Waals surface area (Å²) < 4.78 is 1.81. The topological polar surface area (TPSA) is 84.2 Å². The highest BCUT2D eigenvalue weighted by Gasteiger charge is 2.47. The van der Waals surface area contributed by atoms with Crippen LogP contribution < -0.4 is 5.32 Å². The summed E-state index contributed by atoms with van der Waals surface area (Å²) in [4.78, 5) is 27.6. The highest BCUT2D eigenvalue weighted by molar-refractivity contribution is 6.07. The summed E-state index contributed by atoms with van der Waals surface area (Å²) in [6.45, 7) is 8.49. The minimum Gasteiger partial charge on any atom is -0.508 e. The van der Waals surface area contributed by atoms with Crippen LogP contribution in [0.4, 0.5) is 0 Å². The van der Waals surface area contributed by atoms with Crippen LogP contribution in [0.3, 0.4) is 0 Å². The van der Waals surface area contributed by atoms with Crippen LogP contribution in [0.1, 0.15) is 64.9 Å². The molecule has 0 unspecified atom stereocenters. The number of para-hydroxylation sites is 1. The number of nitrogens with one attached hydrogen (secondary N) is 1. The third-order valence-corrected chi connectivity index (χ3v) is 7.91. The van der Waals surface area contributed by atoms with Gasteiger partial charge in [-0.15, -0.1) is 0 Å². The molecular formula is C32H33N3O3. The zero-order valence-electron chi connectivity index (χ0n) is 22.3. The zero-order valence-corrected chi connectivity index (χ0v) is 22.3. The Labute approximate surface area is 223 Å². The average Bonchev–Trinajstić information content (AvgIpc) is 3.27. The summed E-state index contributed by atoms with van der Waals surface area (Å²) in [5.41, 5.74) is 5.98. The maximum atomic E-state index is 13.8. The van der Waals surface area contributed by atoms with Crippen molar-refractivity contribution in [3.05, 3.63) is 88.9 Å². The van der Waals surface area contributed by atoms with Crippen molar-refractivity contribution in [1.82, 2.24) is 15.1 Å². The van der Waals surface area contributed by atoms with Crippen LogP contribution in [0.2, 0.25) is 0 Å². The molecule has 0 saturated carbocycles. The monoisotopic (exact) mass is 507 g/mol. The van der Waals surface area contributed by atoms with Crippen molar-refractivity contribution in [2.75, 3.05) is 0 Å². The lowest BCUT2D eigenvalue weighted by Crippen LogP contribution is -2.42. The van der Waals surface area contributed by atoms with Crippen LogP contribution in [0.5, 0.6) is 5.75 Å². The van der Waals surface area contributed by atoms with Gasteiger partial charge in [0.1, 0.15) is 5.75 Å². The third kappa shape index (κ3) is 4.18. The van der Waals surface area contributed by atoms with Gasteiger partial charge in [0.2, 0.25) is 0 Å². The van der Waals surface area contributed by atoms with Crippen LogP contribution in [0, 0.1) is 10.8 Å². The Bertz CT molecular complexity index is 1490. The molecule has 2 aromatic carbocycles. The molecule has 6 heteroatoms. The van der Waals surface area contributed by atoms with Crippen LogP contribution in [0.25, 0.3) is 16.9 Å². The number of allylic oxidation sites excluding steroid dienone is 4. The Morgan fingerprint density at radius 3 is 2.03 bits per heavy atom. The minimum absolute atomic E-state index is 0.0762. The van der Waals surface area contributed by atoms with Crippen molar-refractivity contribution >= 4 is 11.6 Å². The molecule has 38 heavy (non-hydrogen) atoms. The number of carbonyl (C=O) groups excluding carboxylic acids is 2. The largest absolute Gasteiger partial charge is 0.508 e. The van der Waals surface area contributed by atoms with E-state index in [4.69, 9.17) is 5.10 Å². The first-order chi connectivity index (χ1) is 18.0. The summed E-state index contributed by atoms with van der Waals surface area (Å²) in [7, 11) is 0. The second kappa shape index (κ2) is 8.55. The van der Waals surface area contributed by atoms with Gasteiger partial charge < -0.3 is 10.4 Å². The van der Waals surface area contributed by atoms with Crippen LogP contribution in [-0.4, -0.2) is 26.5 Å². The molecule has 6 nitrogen and oxygen atoms in total. The fourth-order valence-corrected chi connectivity index (χ4v) is 6.39. The van der Waals surface area contributed by atoms with E-state index < -0.39 is 5.92 Å². The molecule has 0 radical (unpaired) electrons. The van der Waals surface area contributed by atoms with E-state index in [9.17, 15) is 14.7 Å². The molecule has 194 valence electrons. The molecule has 1 aliphatic heterocycles. The molecule has 1 aromatic heterocycles. The lowest BCUT2D eigenvalue weighted by molar-refractivity contribution is -0.119. The summed E-state index contributed by atoms with van der Waals surface area (Å²) in [6.07, 6.45) is 4.30. The van der Waals surface area contributed by atoms with E-state index in [1.165, 1.54) is 0 Å². The SMILES string of the molecule is CC1(C)CC(=O)C2=C(C1)NC1=C(C(=O)CC(C)(C)C1)C2c1cn(-c2ccccc2)nc1-c1cccc(O)c1. The smallest absolute Gasteiger partial charge is 0.162 e. The molecule has 0 amide bonds. The van der Waals surface area contributed by atoms with E-state index in [2.05, 4.69) is 33.0 Å². The number of phenols is 1. The maximum absolute atomic E-state index is 13.8. The maximum Gasteiger partial charge on any atom is 0.162 e. The van der Waals surface area contributed by atoms with E-state index in [1.807, 2.05) is 47.3 Å². The van der Waals surface area contributed by atoms with Gasteiger partial charge in [-0.05, 0) is 47.9 Å². The first kappa shape index (κ1) is 24.4. The second-order valence-corrected chi connectivity index (χ2v) is 12.5. The fraction of sp³-hybridized carbons (Fsp3) is 0.344. The van der Waals surface area contributed by atoms with Crippen molar-refractivity contribution in [2.24, 2.45) is 10.8 Å². The van der Waals surface area contributed by atoms with Crippen LogP contribution >= 0.6 is 0 Å². The minimum atomic E-state index is -0.511. The van der Waals surface area contributed by atoms with Gasteiger partial charge in [0.25, 0.3) is 0 Å². The van der Waals surface area contributed by atoms with Gasteiger partial charge in [0.05, 0.1) is 11.4 Å².